The molecule has 0 radical (unpaired) electrons. The third kappa shape index (κ3) is 4.90. The Balaban J connectivity index is 2.42. The van der Waals surface area contributed by atoms with Gasteiger partial charge >= 0.3 is 0 Å². The predicted molar refractivity (Wildman–Crippen MR) is 73.0 cm³/mol. The smallest absolute Gasteiger partial charge is 0.0597 e. The lowest BCUT2D eigenvalue weighted by Crippen LogP contribution is -2.29. The number of aromatic nitrogens is 2. The molecule has 0 aliphatic rings. The van der Waals surface area contributed by atoms with Crippen LogP contribution in [0.1, 0.15) is 57.3 Å². The van der Waals surface area contributed by atoms with E-state index in [0.717, 1.165) is 12.2 Å². The van der Waals surface area contributed by atoms with Gasteiger partial charge in [0, 0.05) is 19.6 Å². The first-order chi connectivity index (χ1) is 8.17. The van der Waals surface area contributed by atoms with Crippen molar-refractivity contribution < 1.29 is 0 Å². The summed E-state index contributed by atoms with van der Waals surface area (Å²) in [4.78, 5) is 0. The Bertz CT molecular complexity index is 317. The summed E-state index contributed by atoms with van der Waals surface area (Å²) >= 11 is 0. The lowest BCUT2D eigenvalue weighted by atomic mass is 10.1. The van der Waals surface area contributed by atoms with E-state index in [1.807, 2.05) is 18.7 Å². The van der Waals surface area contributed by atoms with E-state index in [9.17, 15) is 0 Å². The molecule has 0 amide bonds. The molecule has 0 saturated carbocycles. The fourth-order valence-corrected chi connectivity index (χ4v) is 2.23. The molecule has 3 heteroatoms. The van der Waals surface area contributed by atoms with Crippen LogP contribution in [0.5, 0.6) is 0 Å². The van der Waals surface area contributed by atoms with Crippen molar-refractivity contribution >= 4 is 0 Å². The van der Waals surface area contributed by atoms with Gasteiger partial charge < -0.3 is 5.32 Å². The largest absolute Gasteiger partial charge is 0.308 e. The van der Waals surface area contributed by atoms with E-state index >= 15 is 0 Å². The van der Waals surface area contributed by atoms with Gasteiger partial charge in [0.1, 0.15) is 0 Å². The number of unbranched alkanes of at least 4 members (excludes halogenated alkanes) is 1. The van der Waals surface area contributed by atoms with Crippen molar-refractivity contribution in [3.8, 4) is 0 Å². The number of hydrogen-bond donors (Lipinski definition) is 1. The van der Waals surface area contributed by atoms with E-state index < -0.39 is 0 Å². The average molecular weight is 237 g/mol. The van der Waals surface area contributed by atoms with Crippen molar-refractivity contribution in [3.05, 3.63) is 17.5 Å². The number of hydrogen-bond acceptors (Lipinski definition) is 2. The lowest BCUT2D eigenvalue weighted by molar-refractivity contribution is 0.427. The highest BCUT2D eigenvalue weighted by atomic mass is 15.3. The fraction of sp³-hybridized carbons (Fsp3) is 0.786. The molecule has 1 rings (SSSR count). The second-order valence-electron chi connectivity index (χ2n) is 4.91. The minimum Gasteiger partial charge on any atom is -0.308 e. The SMILES string of the molecule is CCCCC(CCC)NCc1cc(C)nn1C. The molecule has 0 aromatic carbocycles. The van der Waals surface area contributed by atoms with Gasteiger partial charge in [-0.1, -0.05) is 33.1 Å². The molecule has 1 aromatic heterocycles. The highest BCUT2D eigenvalue weighted by Crippen LogP contribution is 2.09. The van der Waals surface area contributed by atoms with Gasteiger partial charge in [-0.25, -0.2) is 0 Å². The monoisotopic (exact) mass is 237 g/mol. The summed E-state index contributed by atoms with van der Waals surface area (Å²) in [6.45, 7) is 7.50. The van der Waals surface area contributed by atoms with E-state index in [2.05, 4.69) is 30.3 Å². The first-order valence-electron chi connectivity index (χ1n) is 6.90. The maximum Gasteiger partial charge on any atom is 0.0597 e. The van der Waals surface area contributed by atoms with Gasteiger partial charge in [0.15, 0.2) is 0 Å². The molecular weight excluding hydrogens is 210 g/mol. The van der Waals surface area contributed by atoms with Crippen LogP contribution in [-0.4, -0.2) is 15.8 Å². The topological polar surface area (TPSA) is 29.9 Å². The van der Waals surface area contributed by atoms with Gasteiger partial charge in [-0.05, 0) is 25.8 Å². The standard InChI is InChI=1S/C14H27N3/c1-5-7-9-13(8-6-2)15-11-14-10-12(3)16-17(14)4/h10,13,15H,5-9,11H2,1-4H3. The molecule has 0 aliphatic heterocycles. The first kappa shape index (κ1) is 14.2. The third-order valence-corrected chi connectivity index (χ3v) is 3.21. The highest BCUT2D eigenvalue weighted by molar-refractivity contribution is 5.08. The summed E-state index contributed by atoms with van der Waals surface area (Å²) in [5.41, 5.74) is 2.38. The van der Waals surface area contributed by atoms with Crippen LogP contribution in [0.4, 0.5) is 0 Å². The zero-order valence-electron chi connectivity index (χ0n) is 11.8. The Kier molecular flexibility index (Phi) is 6.27. The summed E-state index contributed by atoms with van der Waals surface area (Å²) in [6, 6.07) is 2.82. The van der Waals surface area contributed by atoms with Crippen molar-refractivity contribution in [2.24, 2.45) is 7.05 Å². The molecule has 1 heterocycles. The Morgan fingerprint density at radius 1 is 1.29 bits per heavy atom. The number of nitrogens with one attached hydrogen (secondary N) is 1. The fourth-order valence-electron chi connectivity index (χ4n) is 2.23. The minimum atomic E-state index is 0.662. The van der Waals surface area contributed by atoms with Crippen LogP contribution in [0, 0.1) is 6.92 Å². The van der Waals surface area contributed by atoms with E-state index in [4.69, 9.17) is 0 Å². The van der Waals surface area contributed by atoms with Gasteiger partial charge in [0.05, 0.1) is 11.4 Å². The molecule has 1 atom stereocenters. The lowest BCUT2D eigenvalue weighted by Gasteiger charge is -2.17. The van der Waals surface area contributed by atoms with Crippen LogP contribution in [0.3, 0.4) is 0 Å². The van der Waals surface area contributed by atoms with E-state index in [1.165, 1.54) is 37.8 Å². The molecule has 0 spiro atoms. The summed E-state index contributed by atoms with van der Waals surface area (Å²) in [7, 11) is 2.02. The normalized spacial score (nSPS) is 12.9. The zero-order valence-corrected chi connectivity index (χ0v) is 11.8. The van der Waals surface area contributed by atoms with E-state index in [0.29, 0.717) is 6.04 Å². The van der Waals surface area contributed by atoms with Crippen LogP contribution in [0.25, 0.3) is 0 Å². The Morgan fingerprint density at radius 2 is 2.06 bits per heavy atom. The molecule has 1 aromatic rings. The average Bonchev–Trinajstić information content (AvgIpc) is 2.61. The summed E-state index contributed by atoms with van der Waals surface area (Å²) in [5.74, 6) is 0. The number of nitrogens with zero attached hydrogens (tertiary/aromatic N) is 2. The van der Waals surface area contributed by atoms with Crippen molar-refractivity contribution in [3.63, 3.8) is 0 Å². The van der Waals surface area contributed by atoms with Crippen LogP contribution in [0.2, 0.25) is 0 Å². The van der Waals surface area contributed by atoms with E-state index in [1.54, 1.807) is 0 Å². The number of rotatable bonds is 8. The highest BCUT2D eigenvalue weighted by Gasteiger charge is 2.08. The van der Waals surface area contributed by atoms with Crippen molar-refractivity contribution in [1.29, 1.82) is 0 Å². The van der Waals surface area contributed by atoms with Crippen LogP contribution in [0.15, 0.2) is 6.07 Å². The first-order valence-corrected chi connectivity index (χ1v) is 6.90. The summed E-state index contributed by atoms with van der Waals surface area (Å²) in [6.07, 6.45) is 6.43. The molecule has 1 unspecified atom stereocenters. The van der Waals surface area contributed by atoms with Crippen molar-refractivity contribution in [2.45, 2.75) is 65.5 Å². The van der Waals surface area contributed by atoms with Gasteiger partial charge in [-0.2, -0.15) is 5.10 Å². The van der Waals surface area contributed by atoms with Crippen molar-refractivity contribution in [2.75, 3.05) is 0 Å². The Morgan fingerprint density at radius 3 is 2.59 bits per heavy atom. The van der Waals surface area contributed by atoms with Crippen LogP contribution in [-0.2, 0) is 13.6 Å². The number of aryl methyl sites for hydroxylation is 2. The zero-order chi connectivity index (χ0) is 12.7. The van der Waals surface area contributed by atoms with Crippen molar-refractivity contribution in [1.82, 2.24) is 15.1 Å². The Hall–Kier alpha value is -0.830. The molecular formula is C14H27N3. The molecule has 98 valence electrons. The maximum absolute atomic E-state index is 4.37. The quantitative estimate of drug-likeness (QED) is 0.752. The second kappa shape index (κ2) is 7.49. The molecule has 0 saturated heterocycles. The second-order valence-corrected chi connectivity index (χ2v) is 4.91. The third-order valence-electron chi connectivity index (χ3n) is 3.21. The molecule has 0 fully saturated rings. The maximum atomic E-state index is 4.37. The van der Waals surface area contributed by atoms with Gasteiger partial charge in [-0.15, -0.1) is 0 Å². The summed E-state index contributed by atoms with van der Waals surface area (Å²) in [5, 5.41) is 8.04. The molecule has 3 nitrogen and oxygen atoms in total. The van der Waals surface area contributed by atoms with E-state index in [-0.39, 0.29) is 0 Å². The van der Waals surface area contributed by atoms with Gasteiger partial charge in [0.25, 0.3) is 0 Å². The molecule has 0 bridgehead atoms. The summed E-state index contributed by atoms with van der Waals surface area (Å²) < 4.78 is 1.98. The van der Waals surface area contributed by atoms with Gasteiger partial charge in [-0.3, -0.25) is 4.68 Å². The molecule has 1 N–H and O–H groups in total. The molecule has 0 aliphatic carbocycles. The van der Waals surface area contributed by atoms with Crippen LogP contribution >= 0.6 is 0 Å². The van der Waals surface area contributed by atoms with Gasteiger partial charge in [0.2, 0.25) is 0 Å². The Labute approximate surface area is 106 Å². The minimum absolute atomic E-state index is 0.662. The van der Waals surface area contributed by atoms with Crippen LogP contribution < -0.4 is 5.32 Å². The molecule has 17 heavy (non-hydrogen) atoms. The predicted octanol–water partition coefficient (Wildman–Crippen LogP) is 3.18.